The number of benzene rings is 1. The molecule has 7 nitrogen and oxygen atoms in total. The summed E-state index contributed by atoms with van der Waals surface area (Å²) in [7, 11) is 0. The molecular formula is C20H21ClF3N7. The Morgan fingerprint density at radius 2 is 1.97 bits per heavy atom. The van der Waals surface area contributed by atoms with Crippen LogP contribution in [0, 0.1) is 0 Å². The van der Waals surface area contributed by atoms with Gasteiger partial charge in [-0.3, -0.25) is 4.57 Å². The summed E-state index contributed by atoms with van der Waals surface area (Å²) in [4.78, 5) is 13.6. The van der Waals surface area contributed by atoms with E-state index in [1.165, 1.54) is 12.5 Å². The van der Waals surface area contributed by atoms with Gasteiger partial charge in [0.05, 0.1) is 17.8 Å². The molecule has 5 rings (SSSR count). The quantitative estimate of drug-likeness (QED) is 0.520. The van der Waals surface area contributed by atoms with Gasteiger partial charge in [0.2, 0.25) is 11.9 Å². The maximum absolute atomic E-state index is 13.2. The van der Waals surface area contributed by atoms with Crippen LogP contribution < -0.4 is 16.0 Å². The second-order valence-corrected chi connectivity index (χ2v) is 8.41. The third kappa shape index (κ3) is 4.14. The van der Waals surface area contributed by atoms with Crippen molar-refractivity contribution in [1.29, 1.82) is 0 Å². The zero-order valence-corrected chi connectivity index (χ0v) is 17.3. The van der Waals surface area contributed by atoms with Gasteiger partial charge in [0.25, 0.3) is 0 Å². The Kier molecular flexibility index (Phi) is 5.13. The van der Waals surface area contributed by atoms with Crippen LogP contribution in [-0.2, 0) is 6.18 Å². The van der Waals surface area contributed by atoms with E-state index in [4.69, 9.17) is 11.6 Å². The molecule has 3 heterocycles. The number of anilines is 3. The predicted octanol–water partition coefficient (Wildman–Crippen LogP) is 4.74. The number of halogens is 4. The molecule has 31 heavy (non-hydrogen) atoms. The lowest BCUT2D eigenvalue weighted by Crippen LogP contribution is -2.28. The second kappa shape index (κ2) is 7.83. The van der Waals surface area contributed by atoms with Crippen LogP contribution in [0.2, 0.25) is 5.02 Å². The van der Waals surface area contributed by atoms with Gasteiger partial charge >= 0.3 is 6.18 Å². The first-order valence-electron chi connectivity index (χ1n) is 10.2. The van der Waals surface area contributed by atoms with Crippen LogP contribution in [0.5, 0.6) is 0 Å². The molecular weight excluding hydrogens is 431 g/mol. The van der Waals surface area contributed by atoms with Gasteiger partial charge in [0.15, 0.2) is 5.65 Å². The lowest BCUT2D eigenvalue weighted by atomic mass is 9.93. The summed E-state index contributed by atoms with van der Waals surface area (Å²) in [5.41, 5.74) is 0.611. The maximum Gasteiger partial charge on any atom is 0.416 e. The van der Waals surface area contributed by atoms with E-state index in [-0.39, 0.29) is 16.8 Å². The summed E-state index contributed by atoms with van der Waals surface area (Å²) in [5.74, 6) is 0.951. The van der Waals surface area contributed by atoms with Crippen molar-refractivity contribution in [1.82, 2.24) is 24.8 Å². The number of hydrogen-bond donors (Lipinski definition) is 3. The predicted molar refractivity (Wildman–Crippen MR) is 113 cm³/mol. The number of fused-ring (bicyclic) bond motifs is 1. The van der Waals surface area contributed by atoms with Crippen LogP contribution in [0.1, 0.15) is 37.3 Å². The number of alkyl halides is 3. The maximum atomic E-state index is 13.2. The summed E-state index contributed by atoms with van der Waals surface area (Å²) in [6.45, 7) is 1.57. The highest BCUT2D eigenvalue weighted by molar-refractivity contribution is 6.31. The van der Waals surface area contributed by atoms with Crippen LogP contribution in [0.3, 0.4) is 0 Å². The number of hydrogen-bond acceptors (Lipinski definition) is 6. The van der Waals surface area contributed by atoms with Crippen LogP contribution in [0.25, 0.3) is 11.2 Å². The van der Waals surface area contributed by atoms with Gasteiger partial charge in [-0.2, -0.15) is 18.2 Å². The molecule has 1 saturated heterocycles. The molecule has 1 saturated carbocycles. The molecule has 2 aromatic heterocycles. The van der Waals surface area contributed by atoms with Gasteiger partial charge < -0.3 is 16.0 Å². The van der Waals surface area contributed by atoms with Crippen molar-refractivity contribution >= 4 is 40.3 Å². The van der Waals surface area contributed by atoms with Crippen LogP contribution in [0.15, 0.2) is 24.4 Å². The summed E-state index contributed by atoms with van der Waals surface area (Å²) >= 11 is 5.95. The van der Waals surface area contributed by atoms with Gasteiger partial charge in [0.1, 0.15) is 5.52 Å². The van der Waals surface area contributed by atoms with Crippen LogP contribution >= 0.6 is 11.6 Å². The van der Waals surface area contributed by atoms with E-state index < -0.39 is 11.7 Å². The van der Waals surface area contributed by atoms with Gasteiger partial charge in [-0.1, -0.05) is 11.6 Å². The van der Waals surface area contributed by atoms with Gasteiger partial charge in [0, 0.05) is 23.3 Å². The lowest BCUT2D eigenvalue weighted by Gasteiger charge is -2.26. The van der Waals surface area contributed by atoms with Crippen LogP contribution in [0.4, 0.5) is 30.8 Å². The topological polar surface area (TPSA) is 79.7 Å². The average molecular weight is 452 g/mol. The van der Waals surface area contributed by atoms with Gasteiger partial charge in [-0.05, 0) is 50.4 Å². The van der Waals surface area contributed by atoms with Crippen molar-refractivity contribution in [3.8, 4) is 0 Å². The monoisotopic (exact) mass is 451 g/mol. The number of imidazole rings is 1. The summed E-state index contributed by atoms with van der Waals surface area (Å²) in [5, 5.41) is 9.67. The average Bonchev–Trinajstić information content (AvgIpc) is 3.30. The molecule has 0 bridgehead atoms. The highest BCUT2D eigenvalue weighted by Crippen LogP contribution is 2.35. The molecule has 0 amide bonds. The smallest absolute Gasteiger partial charge is 0.351 e. The van der Waals surface area contributed by atoms with E-state index in [0.717, 1.165) is 44.5 Å². The molecule has 1 aliphatic carbocycles. The Morgan fingerprint density at radius 1 is 1.13 bits per heavy atom. The molecule has 1 aromatic carbocycles. The number of rotatable bonds is 5. The number of nitrogens with zero attached hydrogens (tertiary/aromatic N) is 4. The summed E-state index contributed by atoms with van der Waals surface area (Å²) in [6, 6.07) is 3.83. The molecule has 0 radical (unpaired) electrons. The number of aromatic nitrogens is 4. The van der Waals surface area contributed by atoms with E-state index in [2.05, 4.69) is 30.9 Å². The molecule has 3 N–H and O–H groups in total. The number of nitrogens with one attached hydrogen (secondary N) is 3. The fourth-order valence-corrected chi connectivity index (χ4v) is 4.18. The van der Waals surface area contributed by atoms with Crippen molar-refractivity contribution < 1.29 is 13.2 Å². The molecule has 0 spiro atoms. The second-order valence-electron chi connectivity index (χ2n) is 7.98. The first kappa shape index (κ1) is 20.3. The molecule has 164 valence electrons. The minimum absolute atomic E-state index is 0.00528. The standard InChI is InChI=1S/C20H21ClF3N7/c21-12-6-11(20(22,23)24)7-14(8-12)28-19-29-16-10-26-18(27-13-2-1-3-13)30-17(16)31(19)15-4-5-25-9-15/h6-8,10,13,15,25H,1-5,9H2,(H,28,29)(H,26,27,30). The zero-order valence-electron chi connectivity index (χ0n) is 16.5. The van der Waals surface area contributed by atoms with Crippen molar-refractivity contribution in [2.75, 3.05) is 23.7 Å². The first-order chi connectivity index (χ1) is 14.9. The highest BCUT2D eigenvalue weighted by Gasteiger charge is 2.31. The fraction of sp³-hybridized carbons (Fsp3) is 0.450. The van der Waals surface area contributed by atoms with Crippen molar-refractivity contribution in [2.45, 2.75) is 43.9 Å². The normalized spacial score (nSPS) is 19.5. The zero-order chi connectivity index (χ0) is 21.6. The highest BCUT2D eigenvalue weighted by atomic mass is 35.5. The Morgan fingerprint density at radius 3 is 2.65 bits per heavy atom. The van der Waals surface area contributed by atoms with Gasteiger partial charge in [-0.25, -0.2) is 9.97 Å². The molecule has 1 unspecified atom stereocenters. The minimum Gasteiger partial charge on any atom is -0.351 e. The first-order valence-corrected chi connectivity index (χ1v) is 10.6. The van der Waals surface area contributed by atoms with E-state index in [1.54, 1.807) is 6.20 Å². The SMILES string of the molecule is FC(F)(F)c1cc(Cl)cc(Nc2nc3cnc(NC4CCC4)nc3n2C2CCNC2)c1. The van der Waals surface area contributed by atoms with Crippen LogP contribution in [-0.4, -0.2) is 38.7 Å². The van der Waals surface area contributed by atoms with Crippen molar-refractivity contribution in [3.63, 3.8) is 0 Å². The Labute approximate surface area is 181 Å². The molecule has 2 fully saturated rings. The largest absolute Gasteiger partial charge is 0.416 e. The van der Waals surface area contributed by atoms with Crippen molar-refractivity contribution in [2.24, 2.45) is 0 Å². The fourth-order valence-electron chi connectivity index (χ4n) is 3.94. The third-order valence-corrected chi connectivity index (χ3v) is 5.97. The van der Waals surface area contributed by atoms with Gasteiger partial charge in [-0.15, -0.1) is 0 Å². The van der Waals surface area contributed by atoms with E-state index in [0.29, 0.717) is 29.1 Å². The lowest BCUT2D eigenvalue weighted by molar-refractivity contribution is -0.137. The molecule has 3 aromatic rings. The molecule has 1 aliphatic heterocycles. The Balaban J connectivity index is 1.54. The minimum atomic E-state index is -4.50. The third-order valence-electron chi connectivity index (χ3n) is 5.75. The van der Waals surface area contributed by atoms with E-state index >= 15 is 0 Å². The molecule has 11 heteroatoms. The summed E-state index contributed by atoms with van der Waals surface area (Å²) in [6.07, 6.45) is 1.39. The Hall–Kier alpha value is -2.59. The Bertz CT molecular complexity index is 1100. The molecule has 2 aliphatic rings. The molecule has 1 atom stereocenters. The van der Waals surface area contributed by atoms with E-state index in [9.17, 15) is 13.2 Å². The van der Waals surface area contributed by atoms with Crippen molar-refractivity contribution in [3.05, 3.63) is 35.0 Å². The van der Waals surface area contributed by atoms with E-state index in [1.807, 2.05) is 4.57 Å². The summed E-state index contributed by atoms with van der Waals surface area (Å²) < 4.78 is 41.6.